The summed E-state index contributed by atoms with van der Waals surface area (Å²) in [4.78, 5) is 6.14. The fourth-order valence-corrected chi connectivity index (χ4v) is 1.61. The molecule has 0 saturated heterocycles. The van der Waals surface area contributed by atoms with Crippen LogP contribution in [-0.4, -0.2) is 38.6 Å². The van der Waals surface area contributed by atoms with Gasteiger partial charge in [-0.25, -0.2) is 0 Å². The second kappa shape index (κ2) is 8.15. The minimum atomic E-state index is 0. The number of hydrogen-bond donors (Lipinski definition) is 2. The number of nitrogens with two attached hydrogens (primary N) is 2. The first-order chi connectivity index (χ1) is 8.04. The molecule has 0 radical (unpaired) electrons. The number of ether oxygens (including phenoxy) is 1. The average molecular weight is 364 g/mol. The van der Waals surface area contributed by atoms with Crippen molar-refractivity contribution in [1.82, 2.24) is 4.90 Å². The minimum Gasteiger partial charge on any atom is -0.497 e. The van der Waals surface area contributed by atoms with Crippen molar-refractivity contribution in [3.8, 4) is 5.75 Å². The van der Waals surface area contributed by atoms with E-state index in [-0.39, 0.29) is 36.0 Å². The van der Waals surface area contributed by atoms with Gasteiger partial charge in [0.15, 0.2) is 5.96 Å². The molecule has 0 bridgehead atoms. The number of hydrogen-bond acceptors (Lipinski definition) is 3. The van der Waals surface area contributed by atoms with Crippen molar-refractivity contribution in [2.24, 2.45) is 16.5 Å². The van der Waals surface area contributed by atoms with Crippen LogP contribution < -0.4 is 16.2 Å². The van der Waals surface area contributed by atoms with Crippen molar-refractivity contribution >= 4 is 29.9 Å². The third-order valence-electron chi connectivity index (χ3n) is 2.55. The first kappa shape index (κ1) is 17.0. The Hall–Kier alpha value is -1.02. The summed E-state index contributed by atoms with van der Waals surface area (Å²) in [5.74, 6) is 0.943. The minimum absolute atomic E-state index is 0. The molecule has 1 aromatic rings. The maximum absolute atomic E-state index is 5.36. The monoisotopic (exact) mass is 364 g/mol. The van der Waals surface area contributed by atoms with Gasteiger partial charge in [0, 0.05) is 0 Å². The van der Waals surface area contributed by atoms with Crippen LogP contribution in [0.3, 0.4) is 0 Å². The van der Waals surface area contributed by atoms with Gasteiger partial charge >= 0.3 is 0 Å². The van der Waals surface area contributed by atoms with Crippen molar-refractivity contribution in [3.05, 3.63) is 29.8 Å². The van der Waals surface area contributed by atoms with Gasteiger partial charge in [-0.05, 0) is 31.8 Å². The standard InChI is InChI=1S/C12H20N4O.HI/c1-16(2)11(8-15-12(13)14)9-5-4-6-10(7-9)17-3;/h4-7,11H,8H2,1-3H3,(H4,13,14,15);1H. The van der Waals surface area contributed by atoms with E-state index in [0.29, 0.717) is 6.54 Å². The maximum atomic E-state index is 5.36. The number of nitrogens with zero attached hydrogens (tertiary/aromatic N) is 2. The van der Waals surface area contributed by atoms with E-state index in [2.05, 4.69) is 9.89 Å². The number of halogens is 1. The molecule has 1 rings (SSSR count). The van der Waals surface area contributed by atoms with Crippen LogP contribution in [0.1, 0.15) is 11.6 Å². The normalized spacial score (nSPS) is 11.6. The number of rotatable bonds is 5. The molecule has 1 aromatic carbocycles. The zero-order valence-electron chi connectivity index (χ0n) is 11.0. The molecule has 102 valence electrons. The fraction of sp³-hybridized carbons (Fsp3) is 0.417. The number of likely N-dealkylation sites (N-methyl/N-ethyl adjacent to an activating group) is 1. The van der Waals surface area contributed by atoms with Crippen LogP contribution in [-0.2, 0) is 0 Å². The first-order valence-electron chi connectivity index (χ1n) is 5.40. The molecule has 6 heteroatoms. The van der Waals surface area contributed by atoms with Crippen molar-refractivity contribution < 1.29 is 4.74 Å². The molecule has 0 aliphatic carbocycles. The van der Waals surface area contributed by atoms with Crippen molar-refractivity contribution in [3.63, 3.8) is 0 Å². The van der Waals surface area contributed by atoms with Crippen molar-refractivity contribution in [1.29, 1.82) is 0 Å². The van der Waals surface area contributed by atoms with Gasteiger partial charge in [-0.2, -0.15) is 0 Å². The van der Waals surface area contributed by atoms with Crippen LogP contribution in [0.5, 0.6) is 5.75 Å². The van der Waals surface area contributed by atoms with Gasteiger partial charge in [-0.1, -0.05) is 12.1 Å². The SMILES string of the molecule is COc1cccc(C(CN=C(N)N)N(C)C)c1.I. The molecule has 0 aliphatic rings. The van der Waals surface area contributed by atoms with Gasteiger partial charge in [0.25, 0.3) is 0 Å². The van der Waals surface area contributed by atoms with E-state index >= 15 is 0 Å². The van der Waals surface area contributed by atoms with Gasteiger partial charge in [0.05, 0.1) is 19.7 Å². The molecule has 18 heavy (non-hydrogen) atoms. The van der Waals surface area contributed by atoms with Gasteiger partial charge in [-0.15, -0.1) is 24.0 Å². The Kier molecular flexibility index (Phi) is 7.69. The van der Waals surface area contributed by atoms with Gasteiger partial charge < -0.3 is 21.1 Å². The molecule has 0 aromatic heterocycles. The molecule has 0 heterocycles. The predicted octanol–water partition coefficient (Wildman–Crippen LogP) is 1.19. The lowest BCUT2D eigenvalue weighted by Gasteiger charge is -2.23. The molecular weight excluding hydrogens is 343 g/mol. The van der Waals surface area contributed by atoms with Crippen LogP contribution in [0.25, 0.3) is 0 Å². The summed E-state index contributed by atoms with van der Waals surface area (Å²) in [7, 11) is 5.64. The summed E-state index contributed by atoms with van der Waals surface area (Å²) in [6.07, 6.45) is 0. The highest BCUT2D eigenvalue weighted by molar-refractivity contribution is 14.0. The molecule has 1 atom stereocenters. The molecule has 0 fully saturated rings. The second-order valence-corrected chi connectivity index (χ2v) is 4.02. The molecule has 0 saturated carbocycles. The van der Waals surface area contributed by atoms with E-state index in [1.54, 1.807) is 7.11 Å². The molecule has 4 N–H and O–H groups in total. The van der Waals surface area contributed by atoms with E-state index in [9.17, 15) is 0 Å². The summed E-state index contributed by atoms with van der Waals surface area (Å²) >= 11 is 0. The zero-order chi connectivity index (χ0) is 12.8. The number of aliphatic imine (C=N–C) groups is 1. The largest absolute Gasteiger partial charge is 0.497 e. The molecular formula is C12H21IN4O. The summed E-state index contributed by atoms with van der Waals surface area (Å²) < 4.78 is 5.21. The topological polar surface area (TPSA) is 76.9 Å². The number of benzene rings is 1. The van der Waals surface area contributed by atoms with Crippen LogP contribution in [0.15, 0.2) is 29.3 Å². The lowest BCUT2D eigenvalue weighted by molar-refractivity contribution is 0.305. The Balaban J connectivity index is 0.00000289. The Morgan fingerprint density at radius 1 is 1.39 bits per heavy atom. The highest BCUT2D eigenvalue weighted by Gasteiger charge is 2.14. The Labute approximate surface area is 125 Å². The lowest BCUT2D eigenvalue weighted by Crippen LogP contribution is -2.27. The van der Waals surface area contributed by atoms with E-state index in [0.717, 1.165) is 11.3 Å². The Morgan fingerprint density at radius 3 is 2.56 bits per heavy atom. The summed E-state index contributed by atoms with van der Waals surface area (Å²) in [5, 5.41) is 0. The first-order valence-corrected chi connectivity index (χ1v) is 5.40. The Bertz CT molecular complexity index is 391. The van der Waals surface area contributed by atoms with Crippen molar-refractivity contribution in [2.75, 3.05) is 27.7 Å². The van der Waals surface area contributed by atoms with Gasteiger partial charge in [-0.3, -0.25) is 4.99 Å². The van der Waals surface area contributed by atoms with Crippen LogP contribution in [0.4, 0.5) is 0 Å². The smallest absolute Gasteiger partial charge is 0.185 e. The third-order valence-corrected chi connectivity index (χ3v) is 2.55. The maximum Gasteiger partial charge on any atom is 0.185 e. The Morgan fingerprint density at radius 2 is 2.06 bits per heavy atom. The third kappa shape index (κ3) is 5.09. The summed E-state index contributed by atoms with van der Waals surface area (Å²) in [6.45, 7) is 0.530. The molecule has 1 unspecified atom stereocenters. The molecule has 0 aliphatic heterocycles. The van der Waals surface area contributed by atoms with E-state index < -0.39 is 0 Å². The number of guanidine groups is 1. The number of methoxy groups -OCH3 is 1. The van der Waals surface area contributed by atoms with E-state index in [1.165, 1.54) is 0 Å². The lowest BCUT2D eigenvalue weighted by atomic mass is 10.1. The van der Waals surface area contributed by atoms with Crippen LogP contribution in [0.2, 0.25) is 0 Å². The van der Waals surface area contributed by atoms with Gasteiger partial charge in [0.1, 0.15) is 5.75 Å². The van der Waals surface area contributed by atoms with Crippen LogP contribution in [0, 0.1) is 0 Å². The van der Waals surface area contributed by atoms with Crippen LogP contribution >= 0.6 is 24.0 Å². The van der Waals surface area contributed by atoms with E-state index in [4.69, 9.17) is 16.2 Å². The summed E-state index contributed by atoms with van der Waals surface area (Å²) in [6, 6.07) is 8.03. The fourth-order valence-electron chi connectivity index (χ4n) is 1.61. The zero-order valence-corrected chi connectivity index (χ0v) is 13.3. The van der Waals surface area contributed by atoms with Gasteiger partial charge in [0.2, 0.25) is 0 Å². The average Bonchev–Trinajstić information content (AvgIpc) is 2.28. The molecule has 0 spiro atoms. The molecule has 5 nitrogen and oxygen atoms in total. The summed E-state index contributed by atoms with van der Waals surface area (Å²) in [5.41, 5.74) is 11.8. The highest BCUT2D eigenvalue weighted by Crippen LogP contribution is 2.22. The van der Waals surface area contributed by atoms with E-state index in [1.807, 2.05) is 38.4 Å². The van der Waals surface area contributed by atoms with Crippen molar-refractivity contribution in [2.45, 2.75) is 6.04 Å². The molecule has 0 amide bonds. The highest BCUT2D eigenvalue weighted by atomic mass is 127. The predicted molar refractivity (Wildman–Crippen MR) is 85.5 cm³/mol. The quantitative estimate of drug-likeness (QED) is 0.468. The second-order valence-electron chi connectivity index (χ2n) is 4.02.